The quantitative estimate of drug-likeness (QED) is 0.421. The van der Waals surface area contributed by atoms with Crippen LogP contribution in [-0.2, 0) is 4.74 Å². The second kappa shape index (κ2) is 3.83. The van der Waals surface area contributed by atoms with Gasteiger partial charge in [-0.1, -0.05) is 6.58 Å². The Hall–Kier alpha value is -1.12. The molecule has 0 heterocycles. The zero-order valence-electron chi connectivity index (χ0n) is 5.72. The molecule has 0 aliphatic rings. The SMILES string of the molecule is C=C(C)/N=N\C(=C)OC. The lowest BCUT2D eigenvalue weighted by molar-refractivity contribution is 0.286. The molecular formula is C6H10N2O. The zero-order chi connectivity index (χ0) is 7.28. The fourth-order valence-electron chi connectivity index (χ4n) is 0.182. The van der Waals surface area contributed by atoms with E-state index in [0.717, 1.165) is 0 Å². The molecule has 3 heteroatoms. The Morgan fingerprint density at radius 2 is 1.89 bits per heavy atom. The Balaban J connectivity index is 3.71. The van der Waals surface area contributed by atoms with Gasteiger partial charge in [0.25, 0.3) is 0 Å². The monoisotopic (exact) mass is 126 g/mol. The van der Waals surface area contributed by atoms with Crippen LogP contribution in [0.25, 0.3) is 0 Å². The molecule has 0 atom stereocenters. The van der Waals surface area contributed by atoms with E-state index in [1.165, 1.54) is 7.11 Å². The summed E-state index contributed by atoms with van der Waals surface area (Å²) in [6.07, 6.45) is 0. The van der Waals surface area contributed by atoms with Crippen molar-refractivity contribution < 1.29 is 4.74 Å². The van der Waals surface area contributed by atoms with Crippen LogP contribution in [-0.4, -0.2) is 7.11 Å². The summed E-state index contributed by atoms with van der Waals surface area (Å²) in [6, 6.07) is 0. The smallest absolute Gasteiger partial charge is 0.225 e. The maximum Gasteiger partial charge on any atom is 0.225 e. The minimum absolute atomic E-state index is 0.290. The summed E-state index contributed by atoms with van der Waals surface area (Å²) < 4.78 is 4.60. The number of nitrogens with zero attached hydrogens (tertiary/aromatic N) is 2. The number of allylic oxidation sites excluding steroid dienone is 1. The molecule has 0 aliphatic heterocycles. The molecule has 0 aromatic heterocycles. The van der Waals surface area contributed by atoms with Crippen molar-refractivity contribution >= 4 is 0 Å². The summed E-state index contributed by atoms with van der Waals surface area (Å²) >= 11 is 0. The maximum absolute atomic E-state index is 4.60. The highest BCUT2D eigenvalue weighted by Gasteiger charge is 1.81. The minimum atomic E-state index is 0.290. The summed E-state index contributed by atoms with van der Waals surface area (Å²) in [6.45, 7) is 8.67. The van der Waals surface area contributed by atoms with Crippen molar-refractivity contribution in [1.29, 1.82) is 0 Å². The first-order valence-electron chi connectivity index (χ1n) is 2.47. The van der Waals surface area contributed by atoms with Crippen LogP contribution < -0.4 is 0 Å². The Labute approximate surface area is 54.7 Å². The molecule has 0 amide bonds. The average molecular weight is 126 g/mol. The Morgan fingerprint density at radius 3 is 2.22 bits per heavy atom. The van der Waals surface area contributed by atoms with Crippen LogP contribution in [0.2, 0.25) is 0 Å². The maximum atomic E-state index is 4.60. The first-order chi connectivity index (χ1) is 4.16. The lowest BCUT2D eigenvalue weighted by Crippen LogP contribution is -1.75. The van der Waals surface area contributed by atoms with Gasteiger partial charge in [0.15, 0.2) is 0 Å². The summed E-state index contributed by atoms with van der Waals surface area (Å²) in [5.74, 6) is 0.290. The number of hydrogen-bond donors (Lipinski definition) is 0. The number of hydrogen-bond acceptors (Lipinski definition) is 3. The number of ether oxygens (including phenoxy) is 1. The van der Waals surface area contributed by atoms with Gasteiger partial charge in [-0.05, 0) is 13.5 Å². The standard InChI is InChI=1S/C6H10N2O/c1-5(2)7-8-6(3)9-4/h1,3H2,2,4H3/b8-7-. The van der Waals surface area contributed by atoms with E-state index in [0.29, 0.717) is 5.70 Å². The van der Waals surface area contributed by atoms with Crippen molar-refractivity contribution in [2.45, 2.75) is 6.92 Å². The van der Waals surface area contributed by atoms with E-state index in [1.807, 2.05) is 0 Å². The van der Waals surface area contributed by atoms with Gasteiger partial charge >= 0.3 is 0 Å². The number of rotatable bonds is 3. The average Bonchev–Trinajstić information content (AvgIpc) is 1.83. The number of azo groups is 1. The fourth-order valence-corrected chi connectivity index (χ4v) is 0.182. The predicted octanol–water partition coefficient (Wildman–Crippen LogP) is 2.09. The van der Waals surface area contributed by atoms with E-state index in [1.54, 1.807) is 6.92 Å². The fraction of sp³-hybridized carbons (Fsp3) is 0.333. The van der Waals surface area contributed by atoms with E-state index in [-0.39, 0.29) is 5.88 Å². The van der Waals surface area contributed by atoms with Gasteiger partial charge in [-0.3, -0.25) is 0 Å². The van der Waals surface area contributed by atoms with Gasteiger partial charge in [-0.2, -0.15) is 5.11 Å². The van der Waals surface area contributed by atoms with E-state index in [9.17, 15) is 0 Å². The van der Waals surface area contributed by atoms with Crippen LogP contribution in [0.5, 0.6) is 0 Å². The third-order valence-corrected chi connectivity index (χ3v) is 0.568. The first kappa shape index (κ1) is 7.88. The normalized spacial score (nSPS) is 9.56. The van der Waals surface area contributed by atoms with Gasteiger partial charge in [-0.15, -0.1) is 5.11 Å². The Kier molecular flexibility index (Phi) is 3.35. The van der Waals surface area contributed by atoms with E-state index in [2.05, 4.69) is 28.1 Å². The highest BCUT2D eigenvalue weighted by molar-refractivity contribution is 4.85. The van der Waals surface area contributed by atoms with Gasteiger partial charge in [0.2, 0.25) is 5.88 Å². The molecule has 9 heavy (non-hydrogen) atoms. The van der Waals surface area contributed by atoms with Crippen molar-refractivity contribution in [3.63, 3.8) is 0 Å². The molecule has 0 rings (SSSR count). The molecule has 0 bridgehead atoms. The van der Waals surface area contributed by atoms with Crippen molar-refractivity contribution in [1.82, 2.24) is 0 Å². The molecule has 3 nitrogen and oxygen atoms in total. The molecular weight excluding hydrogens is 116 g/mol. The van der Waals surface area contributed by atoms with Crippen LogP contribution in [0.3, 0.4) is 0 Å². The molecule has 50 valence electrons. The van der Waals surface area contributed by atoms with Crippen molar-refractivity contribution in [3.05, 3.63) is 24.7 Å². The van der Waals surface area contributed by atoms with Gasteiger partial charge in [0.1, 0.15) is 0 Å². The molecule has 0 N–H and O–H groups in total. The molecule has 0 fully saturated rings. The van der Waals surface area contributed by atoms with E-state index < -0.39 is 0 Å². The van der Waals surface area contributed by atoms with E-state index in [4.69, 9.17) is 0 Å². The third kappa shape index (κ3) is 4.74. The van der Waals surface area contributed by atoms with Crippen LogP contribution >= 0.6 is 0 Å². The first-order valence-corrected chi connectivity index (χ1v) is 2.47. The second-order valence-corrected chi connectivity index (χ2v) is 1.53. The number of methoxy groups -OCH3 is 1. The topological polar surface area (TPSA) is 34.0 Å². The lowest BCUT2D eigenvalue weighted by Gasteiger charge is -1.91. The summed E-state index contributed by atoms with van der Waals surface area (Å²) in [4.78, 5) is 0. The van der Waals surface area contributed by atoms with Gasteiger partial charge < -0.3 is 4.74 Å². The van der Waals surface area contributed by atoms with Crippen LogP contribution in [0.4, 0.5) is 0 Å². The summed E-state index contributed by atoms with van der Waals surface area (Å²) in [5, 5.41) is 7.15. The predicted molar refractivity (Wildman–Crippen MR) is 35.8 cm³/mol. The Bertz CT molecular complexity index is 149. The molecule has 0 aliphatic carbocycles. The van der Waals surface area contributed by atoms with Gasteiger partial charge in [-0.25, -0.2) is 0 Å². The minimum Gasteiger partial charge on any atom is -0.480 e. The van der Waals surface area contributed by atoms with Crippen LogP contribution in [0.15, 0.2) is 35.0 Å². The van der Waals surface area contributed by atoms with Gasteiger partial charge in [0.05, 0.1) is 12.8 Å². The van der Waals surface area contributed by atoms with Crippen molar-refractivity contribution in [2.75, 3.05) is 7.11 Å². The third-order valence-electron chi connectivity index (χ3n) is 0.568. The summed E-state index contributed by atoms with van der Waals surface area (Å²) in [5.41, 5.74) is 0.633. The largest absolute Gasteiger partial charge is 0.480 e. The molecule has 0 saturated heterocycles. The molecule has 0 spiro atoms. The lowest BCUT2D eigenvalue weighted by atomic mass is 10.6. The van der Waals surface area contributed by atoms with Crippen LogP contribution in [0, 0.1) is 0 Å². The Morgan fingerprint density at radius 1 is 1.33 bits per heavy atom. The van der Waals surface area contributed by atoms with Crippen molar-refractivity contribution in [3.8, 4) is 0 Å². The molecule has 0 radical (unpaired) electrons. The summed E-state index contributed by atoms with van der Waals surface area (Å²) in [7, 11) is 1.49. The highest BCUT2D eigenvalue weighted by Crippen LogP contribution is 1.97. The second-order valence-electron chi connectivity index (χ2n) is 1.53. The van der Waals surface area contributed by atoms with Crippen LogP contribution in [0.1, 0.15) is 6.92 Å². The molecule has 0 unspecified atom stereocenters. The molecule has 0 saturated carbocycles. The van der Waals surface area contributed by atoms with Crippen molar-refractivity contribution in [2.24, 2.45) is 10.2 Å². The molecule has 0 aromatic carbocycles. The van der Waals surface area contributed by atoms with E-state index >= 15 is 0 Å². The molecule has 0 aromatic rings. The zero-order valence-corrected chi connectivity index (χ0v) is 5.72. The highest BCUT2D eigenvalue weighted by atomic mass is 16.5. The van der Waals surface area contributed by atoms with Gasteiger partial charge in [0, 0.05) is 0 Å².